The lowest BCUT2D eigenvalue weighted by Gasteiger charge is -2.30. The quantitative estimate of drug-likeness (QED) is 0.452. The number of carbonyl (C=O) groups excluding carboxylic acids is 1. The minimum atomic E-state index is -4.37. The first-order valence-corrected chi connectivity index (χ1v) is 11.5. The van der Waals surface area contributed by atoms with Crippen LogP contribution in [0.1, 0.15) is 36.3 Å². The van der Waals surface area contributed by atoms with Crippen LogP contribution in [-0.2, 0) is 11.2 Å². The Kier molecular flexibility index (Phi) is 6.87. The molecule has 10 heteroatoms. The Morgan fingerprint density at radius 1 is 1.26 bits per heavy atom. The zero-order valence-corrected chi connectivity index (χ0v) is 19.7. The van der Waals surface area contributed by atoms with E-state index in [1.807, 2.05) is 31.1 Å². The molecule has 0 bridgehead atoms. The molecular weight excluding hydrogens is 467 g/mol. The highest BCUT2D eigenvalue weighted by Gasteiger charge is 2.67. The molecule has 6 nitrogen and oxygen atoms in total. The van der Waals surface area contributed by atoms with Crippen LogP contribution in [0.25, 0.3) is 10.9 Å². The molecule has 0 radical (unpaired) electrons. The van der Waals surface area contributed by atoms with Gasteiger partial charge in [-0.1, -0.05) is 23.7 Å². The normalized spacial score (nSPS) is 17.0. The average molecular weight is 494 g/mol. The maximum absolute atomic E-state index is 13.9. The maximum atomic E-state index is 13.9. The number of aromatic amines is 1. The van der Waals surface area contributed by atoms with Gasteiger partial charge in [-0.25, -0.2) is 0 Å². The van der Waals surface area contributed by atoms with Gasteiger partial charge in [0.2, 0.25) is 5.91 Å². The number of fused-ring (bicyclic) bond motifs is 1. The molecule has 1 fully saturated rings. The Bertz CT molecular complexity index is 1140. The van der Waals surface area contributed by atoms with Crippen LogP contribution in [-0.4, -0.2) is 58.8 Å². The Morgan fingerprint density at radius 2 is 2.03 bits per heavy atom. The van der Waals surface area contributed by atoms with Crippen molar-refractivity contribution in [1.29, 1.82) is 0 Å². The molecule has 0 aliphatic heterocycles. The zero-order valence-electron chi connectivity index (χ0n) is 19.0. The van der Waals surface area contributed by atoms with Crippen molar-refractivity contribution in [2.24, 2.45) is 5.41 Å². The predicted octanol–water partition coefficient (Wildman–Crippen LogP) is 4.72. The van der Waals surface area contributed by atoms with Gasteiger partial charge in [-0.05, 0) is 56.6 Å². The van der Waals surface area contributed by atoms with Crippen LogP contribution in [0.3, 0.4) is 0 Å². The van der Waals surface area contributed by atoms with E-state index in [0.29, 0.717) is 17.0 Å². The highest BCUT2D eigenvalue weighted by Crippen LogP contribution is 2.66. The number of halogens is 4. The van der Waals surface area contributed by atoms with Gasteiger partial charge in [-0.15, -0.1) is 0 Å². The number of carbonyl (C=O) groups is 1. The van der Waals surface area contributed by atoms with Crippen LogP contribution >= 0.6 is 11.6 Å². The van der Waals surface area contributed by atoms with Gasteiger partial charge in [0, 0.05) is 42.7 Å². The second kappa shape index (κ2) is 9.54. The molecule has 2 unspecified atom stereocenters. The van der Waals surface area contributed by atoms with Gasteiger partial charge in [-0.3, -0.25) is 14.9 Å². The number of amides is 1. The Morgan fingerprint density at radius 3 is 2.65 bits per heavy atom. The number of hydrogen-bond acceptors (Lipinski definition) is 4. The van der Waals surface area contributed by atoms with Crippen molar-refractivity contribution in [3.8, 4) is 0 Å². The minimum absolute atomic E-state index is 0.0264. The fourth-order valence-corrected chi connectivity index (χ4v) is 4.84. The maximum Gasteiger partial charge on any atom is 0.395 e. The average Bonchev–Trinajstić information content (AvgIpc) is 3.47. The Hall–Kier alpha value is -2.65. The van der Waals surface area contributed by atoms with Crippen molar-refractivity contribution in [3.63, 3.8) is 0 Å². The lowest BCUT2D eigenvalue weighted by atomic mass is 9.80. The van der Waals surface area contributed by atoms with E-state index in [1.54, 1.807) is 18.3 Å². The van der Waals surface area contributed by atoms with Gasteiger partial charge in [0.05, 0.1) is 22.2 Å². The molecule has 2 aromatic heterocycles. The molecule has 1 saturated carbocycles. The first-order valence-electron chi connectivity index (χ1n) is 11.1. The molecule has 3 aromatic rings. The fourth-order valence-electron chi connectivity index (χ4n) is 4.54. The molecule has 1 amide bonds. The van der Waals surface area contributed by atoms with Crippen LogP contribution < -0.4 is 5.32 Å². The zero-order chi connectivity index (χ0) is 24.5. The van der Waals surface area contributed by atoms with Crippen LogP contribution in [0.15, 0.2) is 42.9 Å². The summed E-state index contributed by atoms with van der Waals surface area (Å²) in [5, 5.41) is 11.2. The minimum Gasteiger partial charge on any atom is -0.355 e. The van der Waals surface area contributed by atoms with E-state index in [2.05, 4.69) is 20.5 Å². The number of benzene rings is 1. The van der Waals surface area contributed by atoms with Crippen molar-refractivity contribution >= 4 is 28.4 Å². The standard InChI is InChI=1S/C24H27ClF3N5O/c1-33(2)17(10-15-5-6-20-18(22(15)25)14-31-32-20)13-30-21(34)11-19(16-4-3-9-29-12-16)23(7-8-23)24(26,27)28/h3-6,9,12,14,17,19H,7-8,10-11,13H2,1-2H3,(H,30,34)(H,31,32). The molecule has 2 heterocycles. The van der Waals surface area contributed by atoms with Crippen LogP contribution in [0.2, 0.25) is 5.02 Å². The summed E-state index contributed by atoms with van der Waals surface area (Å²) in [5.41, 5.74) is 0.327. The van der Waals surface area contributed by atoms with Gasteiger partial charge < -0.3 is 10.2 Å². The van der Waals surface area contributed by atoms with Crippen molar-refractivity contribution in [2.75, 3.05) is 20.6 Å². The number of pyridine rings is 1. The topological polar surface area (TPSA) is 73.9 Å². The molecule has 1 aliphatic rings. The van der Waals surface area contributed by atoms with Crippen LogP contribution in [0, 0.1) is 5.41 Å². The third-order valence-electron chi connectivity index (χ3n) is 6.86. The summed E-state index contributed by atoms with van der Waals surface area (Å²) in [6.45, 7) is 0.282. The first-order chi connectivity index (χ1) is 16.1. The van der Waals surface area contributed by atoms with Gasteiger partial charge in [0.15, 0.2) is 0 Å². The number of rotatable bonds is 9. The van der Waals surface area contributed by atoms with E-state index in [4.69, 9.17) is 11.6 Å². The van der Waals surface area contributed by atoms with Crippen molar-refractivity contribution < 1.29 is 18.0 Å². The molecular formula is C24H27ClF3N5O. The van der Waals surface area contributed by atoms with Gasteiger partial charge in [0.25, 0.3) is 0 Å². The molecule has 2 N–H and O–H groups in total. The number of aromatic nitrogens is 3. The highest BCUT2D eigenvalue weighted by molar-refractivity contribution is 6.36. The van der Waals surface area contributed by atoms with Gasteiger partial charge in [-0.2, -0.15) is 18.3 Å². The van der Waals surface area contributed by atoms with E-state index in [1.165, 1.54) is 12.4 Å². The van der Waals surface area contributed by atoms with Gasteiger partial charge in [0.1, 0.15) is 0 Å². The summed E-state index contributed by atoms with van der Waals surface area (Å²) < 4.78 is 41.7. The number of H-pyrrole nitrogens is 1. The van der Waals surface area contributed by atoms with E-state index in [0.717, 1.165) is 16.5 Å². The van der Waals surface area contributed by atoms with Crippen LogP contribution in [0.4, 0.5) is 13.2 Å². The molecule has 34 heavy (non-hydrogen) atoms. The second-order valence-corrected chi connectivity index (χ2v) is 9.57. The molecule has 2 atom stereocenters. The number of nitrogens with zero attached hydrogens (tertiary/aromatic N) is 3. The summed E-state index contributed by atoms with van der Waals surface area (Å²) in [6, 6.07) is 6.95. The summed E-state index contributed by atoms with van der Waals surface area (Å²) in [5.74, 6) is -1.37. The second-order valence-electron chi connectivity index (χ2n) is 9.19. The van der Waals surface area contributed by atoms with E-state index >= 15 is 0 Å². The molecule has 0 spiro atoms. The highest BCUT2D eigenvalue weighted by atomic mass is 35.5. The Labute approximate surface area is 200 Å². The summed E-state index contributed by atoms with van der Waals surface area (Å²) in [4.78, 5) is 18.8. The van der Waals surface area contributed by atoms with E-state index in [9.17, 15) is 18.0 Å². The lowest BCUT2D eigenvalue weighted by molar-refractivity contribution is -0.194. The molecule has 1 aliphatic carbocycles. The molecule has 182 valence electrons. The number of hydrogen-bond donors (Lipinski definition) is 2. The first kappa shape index (κ1) is 24.5. The number of likely N-dealkylation sites (N-methyl/N-ethyl adjacent to an activating group) is 1. The van der Waals surface area contributed by atoms with Crippen LogP contribution in [0.5, 0.6) is 0 Å². The van der Waals surface area contributed by atoms with E-state index < -0.39 is 23.4 Å². The number of nitrogens with one attached hydrogen (secondary N) is 2. The molecule has 0 saturated heterocycles. The largest absolute Gasteiger partial charge is 0.395 e. The van der Waals surface area contributed by atoms with Crippen molar-refractivity contribution in [1.82, 2.24) is 25.4 Å². The molecule has 4 rings (SSSR count). The summed E-state index contributed by atoms with van der Waals surface area (Å²) >= 11 is 6.55. The SMILES string of the molecule is CN(C)C(CNC(=O)CC(c1cccnc1)C1(C(F)(F)F)CC1)Cc1ccc2[nH]ncc2c1Cl. The fraction of sp³-hybridized carbons (Fsp3) is 0.458. The van der Waals surface area contributed by atoms with Gasteiger partial charge >= 0.3 is 6.18 Å². The van der Waals surface area contributed by atoms with E-state index in [-0.39, 0.29) is 31.8 Å². The third kappa shape index (κ3) is 4.90. The van der Waals surface area contributed by atoms with Crippen molar-refractivity contribution in [2.45, 2.75) is 43.8 Å². The Balaban J connectivity index is 1.45. The summed E-state index contributed by atoms with van der Waals surface area (Å²) in [7, 11) is 3.78. The lowest BCUT2D eigenvalue weighted by Crippen LogP contribution is -2.42. The summed E-state index contributed by atoms with van der Waals surface area (Å²) in [6.07, 6.45) is 0.612. The molecule has 1 aromatic carbocycles. The third-order valence-corrected chi connectivity index (χ3v) is 7.30. The van der Waals surface area contributed by atoms with Crippen molar-refractivity contribution in [3.05, 3.63) is 59.0 Å². The number of alkyl halides is 3. The monoisotopic (exact) mass is 493 g/mol. The smallest absolute Gasteiger partial charge is 0.355 e. The predicted molar refractivity (Wildman–Crippen MR) is 125 cm³/mol.